The van der Waals surface area contributed by atoms with Crippen LogP contribution in [0.15, 0.2) is 12.1 Å². The van der Waals surface area contributed by atoms with E-state index in [0.29, 0.717) is 5.82 Å². The van der Waals surface area contributed by atoms with Crippen LogP contribution in [0.2, 0.25) is 5.15 Å². The van der Waals surface area contributed by atoms with E-state index in [-0.39, 0.29) is 11.6 Å². The van der Waals surface area contributed by atoms with Crippen LogP contribution in [-0.4, -0.2) is 22.7 Å². The first-order chi connectivity index (χ1) is 6.53. The maximum Gasteiger partial charge on any atom is 0.264 e. The molecule has 1 aromatic rings. The molecule has 0 aromatic carbocycles. The fourth-order valence-electron chi connectivity index (χ4n) is 0.755. The Hall–Kier alpha value is -0.970. The molecule has 3 nitrogen and oxygen atoms in total. The molecule has 0 aliphatic rings. The molecule has 1 aromatic heterocycles. The number of anilines is 1. The number of halogens is 3. The Bertz CT molecular complexity index is 289. The summed E-state index contributed by atoms with van der Waals surface area (Å²) in [4.78, 5) is 0. The minimum atomic E-state index is -2.72. The van der Waals surface area contributed by atoms with Gasteiger partial charge in [0.2, 0.25) is 0 Å². The summed E-state index contributed by atoms with van der Waals surface area (Å²) in [5.41, 5.74) is 0. The normalized spacial score (nSPS) is 11.4. The molecule has 0 aliphatic carbocycles. The second-order valence-corrected chi connectivity index (χ2v) is 3.19. The smallest absolute Gasteiger partial charge is 0.264 e. The monoisotopic (exact) mass is 221 g/mol. The summed E-state index contributed by atoms with van der Waals surface area (Å²) in [5.74, 6) is -2.43. The lowest BCUT2D eigenvalue weighted by atomic mass is 10.2. The van der Waals surface area contributed by atoms with Crippen molar-refractivity contribution >= 4 is 17.4 Å². The van der Waals surface area contributed by atoms with Gasteiger partial charge in [-0.05, 0) is 12.1 Å². The predicted octanol–water partition coefficient (Wildman–Crippen LogP) is 2.59. The second-order valence-electron chi connectivity index (χ2n) is 2.80. The zero-order chi connectivity index (χ0) is 10.6. The zero-order valence-electron chi connectivity index (χ0n) is 7.60. The molecule has 0 saturated carbocycles. The molecule has 0 bridgehead atoms. The van der Waals surface area contributed by atoms with Crippen LogP contribution in [0.5, 0.6) is 0 Å². The van der Waals surface area contributed by atoms with Gasteiger partial charge in [0.15, 0.2) is 5.15 Å². The molecule has 0 amide bonds. The van der Waals surface area contributed by atoms with Crippen LogP contribution in [0.4, 0.5) is 14.6 Å². The van der Waals surface area contributed by atoms with E-state index < -0.39 is 12.5 Å². The van der Waals surface area contributed by atoms with Gasteiger partial charge in [0.05, 0.1) is 6.54 Å². The summed E-state index contributed by atoms with van der Waals surface area (Å²) >= 11 is 5.48. The predicted molar refractivity (Wildman–Crippen MR) is 50.8 cm³/mol. The van der Waals surface area contributed by atoms with E-state index in [0.717, 1.165) is 0 Å². The number of nitrogens with one attached hydrogen (secondary N) is 1. The van der Waals surface area contributed by atoms with Gasteiger partial charge < -0.3 is 5.32 Å². The van der Waals surface area contributed by atoms with Crippen molar-refractivity contribution in [3.63, 3.8) is 0 Å². The number of nitrogens with zero attached hydrogens (tertiary/aromatic N) is 2. The van der Waals surface area contributed by atoms with E-state index in [9.17, 15) is 8.78 Å². The first kappa shape index (κ1) is 11.1. The highest BCUT2D eigenvalue weighted by molar-refractivity contribution is 6.29. The highest BCUT2D eigenvalue weighted by Crippen LogP contribution is 2.18. The molecule has 1 N–H and O–H groups in total. The average Bonchev–Trinajstić information content (AvgIpc) is 2.17. The Morgan fingerprint density at radius 1 is 1.43 bits per heavy atom. The Balaban J connectivity index is 2.50. The third-order valence-corrected chi connectivity index (χ3v) is 1.88. The minimum Gasteiger partial charge on any atom is -0.363 e. The molecule has 0 fully saturated rings. The molecule has 1 heterocycles. The van der Waals surface area contributed by atoms with Crippen LogP contribution < -0.4 is 5.32 Å². The molecular weight excluding hydrogens is 212 g/mol. The van der Waals surface area contributed by atoms with Gasteiger partial charge in [0, 0.05) is 6.42 Å². The summed E-state index contributed by atoms with van der Waals surface area (Å²) in [6.45, 7) is 0.981. The van der Waals surface area contributed by atoms with Gasteiger partial charge in [-0.15, -0.1) is 10.2 Å². The highest BCUT2D eigenvalue weighted by atomic mass is 35.5. The third kappa shape index (κ3) is 3.41. The Morgan fingerprint density at radius 3 is 2.64 bits per heavy atom. The van der Waals surface area contributed by atoms with Crippen molar-refractivity contribution in [3.8, 4) is 0 Å². The quantitative estimate of drug-likeness (QED) is 0.849. The maximum atomic E-state index is 12.8. The number of alkyl halides is 2. The van der Waals surface area contributed by atoms with Crippen molar-refractivity contribution in [2.24, 2.45) is 0 Å². The average molecular weight is 222 g/mol. The van der Waals surface area contributed by atoms with E-state index in [1.54, 1.807) is 0 Å². The molecule has 14 heavy (non-hydrogen) atoms. The third-order valence-electron chi connectivity index (χ3n) is 1.68. The van der Waals surface area contributed by atoms with Crippen LogP contribution in [0, 0.1) is 0 Å². The highest BCUT2D eigenvalue weighted by Gasteiger charge is 2.25. The number of aromatic nitrogens is 2. The number of hydrogen-bond acceptors (Lipinski definition) is 3. The summed E-state index contributed by atoms with van der Waals surface area (Å²) in [7, 11) is 0. The van der Waals surface area contributed by atoms with Crippen molar-refractivity contribution in [3.05, 3.63) is 17.3 Å². The van der Waals surface area contributed by atoms with E-state index in [2.05, 4.69) is 15.5 Å². The number of hydrogen-bond donors (Lipinski definition) is 1. The molecule has 78 valence electrons. The Kier molecular flexibility index (Phi) is 3.57. The van der Waals surface area contributed by atoms with Gasteiger partial charge >= 0.3 is 0 Å². The van der Waals surface area contributed by atoms with E-state index in [1.165, 1.54) is 19.1 Å². The van der Waals surface area contributed by atoms with Gasteiger partial charge in [-0.25, -0.2) is 8.78 Å². The summed E-state index contributed by atoms with van der Waals surface area (Å²) in [6, 6.07) is 2.99. The largest absolute Gasteiger partial charge is 0.363 e. The fourth-order valence-corrected chi connectivity index (χ4v) is 0.856. The van der Waals surface area contributed by atoms with Crippen molar-refractivity contribution in [1.82, 2.24) is 10.2 Å². The molecule has 1 rings (SSSR count). The summed E-state index contributed by atoms with van der Waals surface area (Å²) in [5, 5.41) is 9.82. The molecule has 0 aliphatic heterocycles. The first-order valence-electron chi connectivity index (χ1n) is 4.14. The SMILES string of the molecule is CCC(F)(F)CNc1ccc(Cl)nn1. The van der Waals surface area contributed by atoms with Crippen LogP contribution in [-0.2, 0) is 0 Å². The lowest BCUT2D eigenvalue weighted by molar-refractivity contribution is 0.0115. The van der Waals surface area contributed by atoms with Crippen molar-refractivity contribution in [2.45, 2.75) is 19.3 Å². The topological polar surface area (TPSA) is 37.8 Å². The Morgan fingerprint density at radius 2 is 2.14 bits per heavy atom. The molecule has 0 unspecified atom stereocenters. The van der Waals surface area contributed by atoms with Crippen molar-refractivity contribution in [1.29, 1.82) is 0 Å². The van der Waals surface area contributed by atoms with Crippen molar-refractivity contribution < 1.29 is 8.78 Å². The molecular formula is C8H10ClF2N3. The van der Waals surface area contributed by atoms with Crippen molar-refractivity contribution in [2.75, 3.05) is 11.9 Å². The van der Waals surface area contributed by atoms with E-state index in [4.69, 9.17) is 11.6 Å². The van der Waals surface area contributed by atoms with Crippen LogP contribution in [0.3, 0.4) is 0 Å². The molecule has 0 atom stereocenters. The Labute approximate surface area is 85.5 Å². The fraction of sp³-hybridized carbons (Fsp3) is 0.500. The second kappa shape index (κ2) is 4.50. The van der Waals surface area contributed by atoms with Crippen LogP contribution >= 0.6 is 11.6 Å². The van der Waals surface area contributed by atoms with Gasteiger partial charge in [-0.2, -0.15) is 0 Å². The van der Waals surface area contributed by atoms with E-state index in [1.807, 2.05) is 0 Å². The maximum absolute atomic E-state index is 12.8. The summed E-state index contributed by atoms with van der Waals surface area (Å²) < 4.78 is 25.6. The molecule has 0 saturated heterocycles. The molecule has 0 radical (unpaired) electrons. The summed E-state index contributed by atoms with van der Waals surface area (Å²) in [6.07, 6.45) is -0.207. The lowest BCUT2D eigenvalue weighted by Crippen LogP contribution is -2.26. The van der Waals surface area contributed by atoms with Gasteiger partial charge in [0.25, 0.3) is 5.92 Å². The van der Waals surface area contributed by atoms with Gasteiger partial charge in [0.1, 0.15) is 5.82 Å². The number of rotatable bonds is 4. The minimum absolute atomic E-state index is 0.207. The molecule has 0 spiro atoms. The lowest BCUT2D eigenvalue weighted by Gasteiger charge is -2.14. The standard InChI is InChI=1S/C8H10ClF2N3/c1-2-8(10,11)5-12-7-4-3-6(9)13-14-7/h3-4H,2,5H2,1H3,(H,12,14). The first-order valence-corrected chi connectivity index (χ1v) is 4.52. The van der Waals surface area contributed by atoms with Crippen LogP contribution in [0.1, 0.15) is 13.3 Å². The molecule has 6 heteroatoms. The van der Waals surface area contributed by atoms with E-state index >= 15 is 0 Å². The van der Waals surface area contributed by atoms with Crippen LogP contribution in [0.25, 0.3) is 0 Å². The zero-order valence-corrected chi connectivity index (χ0v) is 8.35. The van der Waals surface area contributed by atoms with Gasteiger partial charge in [-0.3, -0.25) is 0 Å². The van der Waals surface area contributed by atoms with Gasteiger partial charge in [-0.1, -0.05) is 18.5 Å².